The molecule has 8 heteroatoms. The number of amides is 1. The maximum absolute atomic E-state index is 12.6. The highest BCUT2D eigenvalue weighted by Gasteiger charge is 2.28. The van der Waals surface area contributed by atoms with Crippen LogP contribution in [0.15, 0.2) is 22.9 Å². The number of rotatable bonds is 6. The van der Waals surface area contributed by atoms with E-state index in [1.54, 1.807) is 25.4 Å². The van der Waals surface area contributed by atoms with E-state index in [2.05, 4.69) is 15.1 Å². The SMILES string of the molecule is COc1ccc(C(=O)N2CCC(CCc3noc(C4CCOCC4)n3)C2)cn1. The van der Waals surface area contributed by atoms with Crippen LogP contribution in [0.3, 0.4) is 0 Å². The van der Waals surface area contributed by atoms with Crippen LogP contribution >= 0.6 is 0 Å². The number of nitrogens with zero attached hydrogens (tertiary/aromatic N) is 4. The molecule has 2 aliphatic heterocycles. The molecule has 28 heavy (non-hydrogen) atoms. The Labute approximate surface area is 164 Å². The third kappa shape index (κ3) is 4.32. The Bertz CT molecular complexity index is 786. The lowest BCUT2D eigenvalue weighted by Crippen LogP contribution is -2.28. The Kier molecular flexibility index (Phi) is 5.85. The summed E-state index contributed by atoms with van der Waals surface area (Å²) in [6, 6.07) is 3.48. The van der Waals surface area contributed by atoms with Crippen molar-refractivity contribution in [3.8, 4) is 5.88 Å². The first-order valence-corrected chi connectivity index (χ1v) is 9.92. The van der Waals surface area contributed by atoms with Crippen molar-refractivity contribution in [3.05, 3.63) is 35.6 Å². The van der Waals surface area contributed by atoms with Gasteiger partial charge in [0.2, 0.25) is 11.8 Å². The van der Waals surface area contributed by atoms with Gasteiger partial charge in [-0.25, -0.2) is 4.98 Å². The number of methoxy groups -OCH3 is 1. The molecule has 150 valence electrons. The zero-order valence-electron chi connectivity index (χ0n) is 16.2. The van der Waals surface area contributed by atoms with Crippen molar-refractivity contribution in [1.82, 2.24) is 20.0 Å². The Morgan fingerprint density at radius 3 is 2.89 bits per heavy atom. The highest BCUT2D eigenvalue weighted by atomic mass is 16.5. The fourth-order valence-electron chi connectivity index (χ4n) is 3.88. The van der Waals surface area contributed by atoms with Gasteiger partial charge in [0.25, 0.3) is 5.91 Å². The smallest absolute Gasteiger partial charge is 0.255 e. The second-order valence-electron chi connectivity index (χ2n) is 7.47. The van der Waals surface area contributed by atoms with E-state index in [1.807, 2.05) is 4.90 Å². The van der Waals surface area contributed by atoms with Gasteiger partial charge < -0.3 is 18.9 Å². The maximum atomic E-state index is 12.6. The number of carbonyl (C=O) groups is 1. The Balaban J connectivity index is 1.26. The number of ether oxygens (including phenoxy) is 2. The Morgan fingerprint density at radius 2 is 2.14 bits per heavy atom. The lowest BCUT2D eigenvalue weighted by molar-refractivity contribution is 0.0778. The summed E-state index contributed by atoms with van der Waals surface area (Å²) < 4.78 is 15.9. The van der Waals surface area contributed by atoms with Crippen LogP contribution < -0.4 is 4.74 Å². The predicted octanol–water partition coefficient (Wildman–Crippen LogP) is 2.46. The van der Waals surface area contributed by atoms with Gasteiger partial charge in [-0.2, -0.15) is 4.98 Å². The van der Waals surface area contributed by atoms with Crippen LogP contribution in [0.4, 0.5) is 0 Å². The third-order valence-electron chi connectivity index (χ3n) is 5.60. The summed E-state index contributed by atoms with van der Waals surface area (Å²) in [5.74, 6) is 2.84. The number of aromatic nitrogens is 3. The minimum absolute atomic E-state index is 0.0269. The normalized spacial score (nSPS) is 20.5. The highest BCUT2D eigenvalue weighted by Crippen LogP contribution is 2.26. The summed E-state index contributed by atoms with van der Waals surface area (Å²) in [7, 11) is 1.56. The van der Waals surface area contributed by atoms with Crippen molar-refractivity contribution in [1.29, 1.82) is 0 Å². The fraction of sp³-hybridized carbons (Fsp3) is 0.600. The van der Waals surface area contributed by atoms with Crippen LogP contribution in [0.2, 0.25) is 0 Å². The topological polar surface area (TPSA) is 90.6 Å². The molecule has 0 N–H and O–H groups in total. The molecule has 0 saturated carbocycles. The molecule has 1 atom stereocenters. The summed E-state index contributed by atoms with van der Waals surface area (Å²) in [5, 5.41) is 4.14. The summed E-state index contributed by atoms with van der Waals surface area (Å²) in [5.41, 5.74) is 0.598. The van der Waals surface area contributed by atoms with E-state index >= 15 is 0 Å². The molecule has 2 aromatic rings. The van der Waals surface area contributed by atoms with Gasteiger partial charge in [-0.15, -0.1) is 0 Å². The third-order valence-corrected chi connectivity index (χ3v) is 5.60. The molecular weight excluding hydrogens is 360 g/mol. The van der Waals surface area contributed by atoms with Crippen molar-refractivity contribution in [2.75, 3.05) is 33.4 Å². The van der Waals surface area contributed by atoms with E-state index in [-0.39, 0.29) is 5.91 Å². The summed E-state index contributed by atoms with van der Waals surface area (Å²) in [6.45, 7) is 3.06. The van der Waals surface area contributed by atoms with Gasteiger partial charge in [0.05, 0.1) is 12.7 Å². The minimum Gasteiger partial charge on any atom is -0.481 e. The number of hydrogen-bond acceptors (Lipinski definition) is 7. The van der Waals surface area contributed by atoms with Gasteiger partial charge in [0.15, 0.2) is 5.82 Å². The Morgan fingerprint density at radius 1 is 1.29 bits per heavy atom. The zero-order valence-corrected chi connectivity index (χ0v) is 16.2. The van der Waals surface area contributed by atoms with Gasteiger partial charge in [-0.1, -0.05) is 5.16 Å². The first-order chi connectivity index (χ1) is 13.7. The average Bonchev–Trinajstić information content (AvgIpc) is 3.42. The van der Waals surface area contributed by atoms with Gasteiger partial charge in [-0.3, -0.25) is 4.79 Å². The van der Waals surface area contributed by atoms with Crippen molar-refractivity contribution >= 4 is 5.91 Å². The van der Waals surface area contributed by atoms with Crippen LogP contribution in [0.5, 0.6) is 5.88 Å². The summed E-state index contributed by atoms with van der Waals surface area (Å²) in [6.07, 6.45) is 6.20. The molecule has 4 heterocycles. The van der Waals surface area contributed by atoms with Crippen molar-refractivity contribution in [2.24, 2.45) is 5.92 Å². The summed E-state index contributed by atoms with van der Waals surface area (Å²) >= 11 is 0. The monoisotopic (exact) mass is 386 g/mol. The van der Waals surface area contributed by atoms with Crippen LogP contribution in [-0.4, -0.2) is 59.3 Å². The highest BCUT2D eigenvalue weighted by molar-refractivity contribution is 5.94. The number of aryl methyl sites for hydroxylation is 1. The molecular formula is C20H26N4O4. The van der Waals surface area contributed by atoms with E-state index in [4.69, 9.17) is 14.0 Å². The molecule has 1 unspecified atom stereocenters. The molecule has 1 amide bonds. The second kappa shape index (κ2) is 8.68. The first kappa shape index (κ1) is 18.9. The molecule has 0 bridgehead atoms. The molecule has 2 aromatic heterocycles. The molecule has 0 radical (unpaired) electrons. The average molecular weight is 386 g/mol. The van der Waals surface area contributed by atoms with Crippen molar-refractivity contribution < 1.29 is 18.8 Å². The number of likely N-dealkylation sites (tertiary alicyclic amines) is 1. The van der Waals surface area contributed by atoms with E-state index in [0.29, 0.717) is 23.3 Å². The molecule has 4 rings (SSSR count). The molecule has 0 aromatic carbocycles. The van der Waals surface area contributed by atoms with E-state index in [1.165, 1.54) is 0 Å². The lowest BCUT2D eigenvalue weighted by Gasteiger charge is -2.18. The van der Waals surface area contributed by atoms with E-state index < -0.39 is 0 Å². The predicted molar refractivity (Wildman–Crippen MR) is 100 cm³/mol. The van der Waals surface area contributed by atoms with E-state index in [0.717, 1.165) is 70.1 Å². The molecule has 8 nitrogen and oxygen atoms in total. The molecule has 2 fully saturated rings. The molecule has 0 aliphatic carbocycles. The molecule has 2 saturated heterocycles. The lowest BCUT2D eigenvalue weighted by atomic mass is 10.0. The summed E-state index contributed by atoms with van der Waals surface area (Å²) in [4.78, 5) is 23.2. The standard InChI is InChI=1S/C20H26N4O4/c1-26-18-5-3-16(12-21-18)20(25)24-9-6-14(13-24)2-4-17-22-19(28-23-17)15-7-10-27-11-8-15/h3,5,12,14-15H,2,4,6-11,13H2,1H3. The quantitative estimate of drug-likeness (QED) is 0.753. The van der Waals surface area contributed by atoms with E-state index in [9.17, 15) is 4.79 Å². The van der Waals surface area contributed by atoms with Crippen LogP contribution in [0.1, 0.15) is 53.7 Å². The van der Waals surface area contributed by atoms with Gasteiger partial charge in [0, 0.05) is 50.9 Å². The van der Waals surface area contributed by atoms with Gasteiger partial charge in [-0.05, 0) is 37.7 Å². The maximum Gasteiger partial charge on any atom is 0.255 e. The van der Waals surface area contributed by atoms with Gasteiger partial charge in [0.1, 0.15) is 0 Å². The van der Waals surface area contributed by atoms with Gasteiger partial charge >= 0.3 is 0 Å². The minimum atomic E-state index is 0.0269. The fourth-order valence-corrected chi connectivity index (χ4v) is 3.88. The molecule has 0 spiro atoms. The largest absolute Gasteiger partial charge is 0.481 e. The number of pyridine rings is 1. The van der Waals surface area contributed by atoms with Crippen LogP contribution in [0, 0.1) is 5.92 Å². The first-order valence-electron chi connectivity index (χ1n) is 9.92. The van der Waals surface area contributed by atoms with Crippen LogP contribution in [0.25, 0.3) is 0 Å². The second-order valence-corrected chi connectivity index (χ2v) is 7.47. The number of hydrogen-bond donors (Lipinski definition) is 0. The zero-order chi connectivity index (χ0) is 19.3. The number of carbonyl (C=O) groups excluding carboxylic acids is 1. The van der Waals surface area contributed by atoms with Crippen molar-refractivity contribution in [3.63, 3.8) is 0 Å². The Hall–Kier alpha value is -2.48. The van der Waals surface area contributed by atoms with Crippen LogP contribution in [-0.2, 0) is 11.2 Å². The molecule has 2 aliphatic rings. The van der Waals surface area contributed by atoms with Crippen molar-refractivity contribution in [2.45, 2.75) is 38.0 Å².